The van der Waals surface area contributed by atoms with Crippen LogP contribution < -0.4 is 0 Å². The van der Waals surface area contributed by atoms with E-state index in [0.717, 1.165) is 61.4 Å². The first-order valence-electron chi connectivity index (χ1n) is 10.2. The summed E-state index contributed by atoms with van der Waals surface area (Å²) in [4.78, 5) is 14.3. The zero-order valence-electron chi connectivity index (χ0n) is 16.2. The summed E-state index contributed by atoms with van der Waals surface area (Å²) in [7, 11) is 0. The molecule has 1 aliphatic heterocycles. The van der Waals surface area contributed by atoms with Gasteiger partial charge in [-0.05, 0) is 48.4 Å². The smallest absolute Gasteiger partial charge is 0.225 e. The summed E-state index contributed by atoms with van der Waals surface area (Å²) < 4.78 is 2.10. The minimum atomic E-state index is 0.261. The lowest BCUT2D eigenvalue weighted by molar-refractivity contribution is -0.131. The molecule has 6 nitrogen and oxygen atoms in total. The molecule has 148 valence electrons. The van der Waals surface area contributed by atoms with E-state index in [1.54, 1.807) is 18.5 Å². The van der Waals surface area contributed by atoms with Crippen LogP contribution >= 0.6 is 0 Å². The summed E-state index contributed by atoms with van der Waals surface area (Å²) >= 11 is 0. The van der Waals surface area contributed by atoms with E-state index < -0.39 is 0 Å². The Morgan fingerprint density at radius 1 is 1.03 bits per heavy atom. The highest BCUT2D eigenvalue weighted by Crippen LogP contribution is 2.33. The molecule has 1 aromatic heterocycles. The van der Waals surface area contributed by atoms with Gasteiger partial charge < -0.3 is 14.6 Å². The Kier molecular flexibility index (Phi) is 4.54. The Balaban J connectivity index is 1.29. The number of rotatable bonds is 5. The van der Waals surface area contributed by atoms with Gasteiger partial charge in [0.2, 0.25) is 5.91 Å². The normalized spacial score (nSPS) is 18.9. The number of hydrogen-bond donors (Lipinski definition) is 1. The van der Waals surface area contributed by atoms with Gasteiger partial charge in [0.15, 0.2) is 5.82 Å². The van der Waals surface area contributed by atoms with Crippen molar-refractivity contribution in [1.29, 1.82) is 0 Å². The molecular weight excluding hydrogens is 364 g/mol. The van der Waals surface area contributed by atoms with E-state index in [-0.39, 0.29) is 5.75 Å². The number of aromatic hydroxyl groups is 1. The van der Waals surface area contributed by atoms with E-state index in [0.29, 0.717) is 17.7 Å². The van der Waals surface area contributed by atoms with E-state index in [9.17, 15) is 9.90 Å². The van der Waals surface area contributed by atoms with Gasteiger partial charge in [-0.2, -0.15) is 0 Å². The van der Waals surface area contributed by atoms with E-state index in [2.05, 4.69) is 14.8 Å². The highest BCUT2D eigenvalue weighted by atomic mass is 16.3. The largest absolute Gasteiger partial charge is 0.508 e. The second-order valence-corrected chi connectivity index (χ2v) is 8.15. The van der Waals surface area contributed by atoms with Crippen LogP contribution in [-0.2, 0) is 11.3 Å². The molecule has 2 aromatic carbocycles. The Morgan fingerprint density at radius 2 is 1.83 bits per heavy atom. The first-order chi connectivity index (χ1) is 14.2. The van der Waals surface area contributed by atoms with Crippen molar-refractivity contribution in [2.75, 3.05) is 13.1 Å². The second kappa shape index (κ2) is 7.35. The van der Waals surface area contributed by atoms with Gasteiger partial charge >= 0.3 is 0 Å². The summed E-state index contributed by atoms with van der Waals surface area (Å²) in [6.07, 6.45) is 4.94. The summed E-state index contributed by atoms with van der Waals surface area (Å²) in [6, 6.07) is 15.4. The number of benzene rings is 2. The van der Waals surface area contributed by atoms with Crippen molar-refractivity contribution in [2.45, 2.75) is 25.8 Å². The minimum Gasteiger partial charge on any atom is -0.508 e. The van der Waals surface area contributed by atoms with Crippen LogP contribution in [0.2, 0.25) is 0 Å². The van der Waals surface area contributed by atoms with Crippen LogP contribution in [0.1, 0.15) is 19.3 Å². The molecule has 3 aromatic rings. The van der Waals surface area contributed by atoms with Crippen LogP contribution in [-0.4, -0.2) is 43.8 Å². The highest BCUT2D eigenvalue weighted by Gasteiger charge is 2.36. The van der Waals surface area contributed by atoms with Crippen molar-refractivity contribution < 1.29 is 9.90 Å². The van der Waals surface area contributed by atoms with Crippen molar-refractivity contribution >= 4 is 5.91 Å². The fourth-order valence-electron chi connectivity index (χ4n) is 4.16. The SMILES string of the molecule is O=C(C1CC1)N1CC[C@H](Cn2cnnc2-c2ccc(-c3cccc(O)c3)cc2)C1. The van der Waals surface area contributed by atoms with E-state index in [1.807, 2.05) is 41.3 Å². The standard InChI is InChI=1S/C23H24N4O2/c28-21-3-1-2-20(12-21)17-4-6-18(7-5-17)22-25-24-15-27(22)14-16-10-11-26(13-16)23(29)19-8-9-19/h1-7,12,15-16,19,28H,8-11,13-14H2/t16-/m0/s1. The molecule has 5 rings (SSSR count). The van der Waals surface area contributed by atoms with Crippen molar-refractivity contribution in [3.8, 4) is 28.3 Å². The molecular formula is C23H24N4O2. The van der Waals surface area contributed by atoms with Crippen molar-refractivity contribution in [2.24, 2.45) is 11.8 Å². The quantitative estimate of drug-likeness (QED) is 0.725. The van der Waals surface area contributed by atoms with Gasteiger partial charge in [0, 0.05) is 31.1 Å². The maximum absolute atomic E-state index is 12.3. The number of likely N-dealkylation sites (tertiary alicyclic amines) is 1. The van der Waals surface area contributed by atoms with E-state index in [4.69, 9.17) is 0 Å². The van der Waals surface area contributed by atoms with Gasteiger partial charge in [-0.3, -0.25) is 4.79 Å². The molecule has 0 bridgehead atoms. The highest BCUT2D eigenvalue weighted by molar-refractivity contribution is 5.81. The van der Waals surface area contributed by atoms with E-state index in [1.165, 1.54) is 0 Å². The summed E-state index contributed by atoms with van der Waals surface area (Å²) in [5.41, 5.74) is 3.03. The third-order valence-corrected chi connectivity index (χ3v) is 5.92. The molecule has 6 heteroatoms. The number of nitrogens with zero attached hydrogens (tertiary/aromatic N) is 4. The lowest BCUT2D eigenvalue weighted by Gasteiger charge is -2.17. The molecule has 1 atom stereocenters. The number of carbonyl (C=O) groups is 1. The molecule has 1 amide bonds. The molecule has 0 unspecified atom stereocenters. The van der Waals surface area contributed by atoms with Gasteiger partial charge in [-0.25, -0.2) is 0 Å². The Hall–Kier alpha value is -3.15. The predicted octanol–water partition coefficient (Wildman–Crippen LogP) is 3.58. The Labute approximate surface area is 169 Å². The number of phenolic OH excluding ortho intramolecular Hbond substituents is 1. The third kappa shape index (κ3) is 3.75. The molecule has 0 radical (unpaired) electrons. The Bertz CT molecular complexity index is 1020. The van der Waals surface area contributed by atoms with Gasteiger partial charge in [-0.1, -0.05) is 36.4 Å². The first-order valence-corrected chi connectivity index (χ1v) is 10.2. The van der Waals surface area contributed by atoms with Crippen LogP contribution in [0.15, 0.2) is 54.9 Å². The predicted molar refractivity (Wildman–Crippen MR) is 110 cm³/mol. The molecule has 2 heterocycles. The molecule has 2 aliphatic rings. The van der Waals surface area contributed by atoms with Crippen molar-refractivity contribution in [1.82, 2.24) is 19.7 Å². The van der Waals surface area contributed by atoms with Gasteiger partial charge in [0.05, 0.1) is 0 Å². The van der Waals surface area contributed by atoms with Gasteiger partial charge in [0.1, 0.15) is 12.1 Å². The molecule has 2 fully saturated rings. The Morgan fingerprint density at radius 3 is 2.59 bits per heavy atom. The number of phenols is 1. The second-order valence-electron chi connectivity index (χ2n) is 8.15. The maximum atomic E-state index is 12.3. The molecule has 1 saturated carbocycles. The average Bonchev–Trinajstić information content (AvgIpc) is 3.32. The molecule has 29 heavy (non-hydrogen) atoms. The first kappa shape index (κ1) is 17.9. The van der Waals surface area contributed by atoms with Crippen LogP contribution in [0, 0.1) is 11.8 Å². The van der Waals surface area contributed by atoms with Crippen LogP contribution in [0.4, 0.5) is 0 Å². The van der Waals surface area contributed by atoms with E-state index >= 15 is 0 Å². The van der Waals surface area contributed by atoms with Crippen LogP contribution in [0.3, 0.4) is 0 Å². The molecule has 1 aliphatic carbocycles. The monoisotopic (exact) mass is 388 g/mol. The van der Waals surface area contributed by atoms with Gasteiger partial charge in [-0.15, -0.1) is 10.2 Å². The van der Waals surface area contributed by atoms with Crippen molar-refractivity contribution in [3.63, 3.8) is 0 Å². The summed E-state index contributed by atoms with van der Waals surface area (Å²) in [5.74, 6) is 2.19. The molecule has 1 N–H and O–H groups in total. The summed E-state index contributed by atoms with van der Waals surface area (Å²) in [6.45, 7) is 2.53. The topological polar surface area (TPSA) is 71.2 Å². The average molecular weight is 388 g/mol. The van der Waals surface area contributed by atoms with Crippen molar-refractivity contribution in [3.05, 3.63) is 54.9 Å². The molecule has 0 spiro atoms. The lowest BCUT2D eigenvalue weighted by atomic mass is 10.0. The fourth-order valence-corrected chi connectivity index (χ4v) is 4.16. The number of aromatic nitrogens is 3. The fraction of sp³-hybridized carbons (Fsp3) is 0.348. The summed E-state index contributed by atoms with van der Waals surface area (Å²) in [5, 5.41) is 18.1. The molecule has 1 saturated heterocycles. The van der Waals surface area contributed by atoms with Crippen LogP contribution in [0.5, 0.6) is 5.75 Å². The third-order valence-electron chi connectivity index (χ3n) is 5.92. The lowest BCUT2D eigenvalue weighted by Crippen LogP contribution is -2.30. The van der Waals surface area contributed by atoms with Crippen LogP contribution in [0.25, 0.3) is 22.5 Å². The van der Waals surface area contributed by atoms with Gasteiger partial charge in [0.25, 0.3) is 0 Å². The number of carbonyl (C=O) groups excluding carboxylic acids is 1. The zero-order chi connectivity index (χ0) is 19.8. The zero-order valence-corrected chi connectivity index (χ0v) is 16.2. The maximum Gasteiger partial charge on any atom is 0.225 e. The number of hydrogen-bond acceptors (Lipinski definition) is 4. The minimum absolute atomic E-state index is 0.261. The number of amides is 1.